The van der Waals surface area contributed by atoms with E-state index in [1.54, 1.807) is 5.17 Å². The van der Waals surface area contributed by atoms with Crippen LogP contribution in [0.5, 0.6) is 0 Å². The van der Waals surface area contributed by atoms with E-state index in [0.717, 1.165) is 25.7 Å². The minimum atomic E-state index is -0.0599. The van der Waals surface area contributed by atoms with Crippen LogP contribution in [0.4, 0.5) is 0 Å². The molecule has 1 aliphatic rings. The van der Waals surface area contributed by atoms with Crippen molar-refractivity contribution in [2.24, 2.45) is 0 Å². The maximum Gasteiger partial charge on any atom is 0.138 e. The van der Waals surface area contributed by atoms with Gasteiger partial charge in [-0.15, -0.1) is 5.17 Å². The molecule has 0 aromatic heterocycles. The van der Waals surface area contributed by atoms with Crippen LogP contribution in [0.1, 0.15) is 19.8 Å². The van der Waals surface area contributed by atoms with Gasteiger partial charge < -0.3 is 4.79 Å². The molecule has 4 nitrogen and oxygen atoms in total. The fourth-order valence-electron chi connectivity index (χ4n) is 1.12. The molecule has 0 aromatic rings. The Balaban J connectivity index is 2.27. The molecule has 1 unspecified atom stereocenters. The summed E-state index contributed by atoms with van der Waals surface area (Å²) >= 11 is 0. The van der Waals surface area contributed by atoms with Crippen molar-refractivity contribution in [3.8, 4) is 0 Å². The zero-order valence-corrected chi connectivity index (χ0v) is 6.75. The molecule has 0 saturated carbocycles. The average Bonchev–Trinajstić information content (AvgIpc) is 2.06. The molecule has 0 bridgehead atoms. The van der Waals surface area contributed by atoms with Gasteiger partial charge in [0.2, 0.25) is 0 Å². The zero-order valence-electron chi connectivity index (χ0n) is 6.75. The maximum absolute atomic E-state index is 10.4. The van der Waals surface area contributed by atoms with Gasteiger partial charge in [-0.2, -0.15) is 0 Å². The maximum atomic E-state index is 10.4. The Kier molecular flexibility index (Phi) is 3.48. The second kappa shape index (κ2) is 4.43. The molecule has 1 rings (SSSR count). The summed E-state index contributed by atoms with van der Waals surface area (Å²) in [6, 6.07) is -0.0599. The lowest BCUT2D eigenvalue weighted by Crippen LogP contribution is -2.49. The lowest BCUT2D eigenvalue weighted by atomic mass is 10.1. The second-order valence-corrected chi connectivity index (χ2v) is 2.53. The molecule has 1 saturated heterocycles. The summed E-state index contributed by atoms with van der Waals surface area (Å²) < 4.78 is 0. The number of carbonyl (C=O) groups is 1. The Labute approximate surface area is 66.4 Å². The van der Waals surface area contributed by atoms with Crippen molar-refractivity contribution in [1.29, 1.82) is 0 Å². The molecule has 0 spiro atoms. The molecule has 1 atom stereocenters. The quantitative estimate of drug-likeness (QED) is 0.592. The first-order chi connectivity index (χ1) is 5.36. The highest BCUT2D eigenvalue weighted by Crippen LogP contribution is 2.04. The van der Waals surface area contributed by atoms with Crippen molar-refractivity contribution in [3.05, 3.63) is 0 Å². The van der Waals surface area contributed by atoms with Gasteiger partial charge in [0.05, 0.1) is 12.6 Å². The molecule has 11 heavy (non-hydrogen) atoms. The fraction of sp³-hybridized carbons (Fsp3) is 0.857. The number of aldehydes is 1. The fourth-order valence-corrected chi connectivity index (χ4v) is 1.12. The van der Waals surface area contributed by atoms with Gasteiger partial charge in [0, 0.05) is 6.54 Å². The summed E-state index contributed by atoms with van der Waals surface area (Å²) in [7, 11) is 0. The van der Waals surface area contributed by atoms with Gasteiger partial charge in [-0.1, -0.05) is 0 Å². The van der Waals surface area contributed by atoms with E-state index in [2.05, 4.69) is 5.43 Å². The Morgan fingerprint density at radius 3 is 3.27 bits per heavy atom. The molecule has 64 valence electrons. The average molecular weight is 158 g/mol. The smallest absolute Gasteiger partial charge is 0.138 e. The van der Waals surface area contributed by atoms with E-state index in [1.807, 2.05) is 6.92 Å². The Hall–Kier alpha value is -0.450. The van der Waals surface area contributed by atoms with Gasteiger partial charge in [-0.25, -0.2) is 5.43 Å². The van der Waals surface area contributed by atoms with Crippen LogP contribution >= 0.6 is 0 Å². The Bertz CT molecular complexity index is 128. The first-order valence-corrected chi connectivity index (χ1v) is 3.98. The zero-order chi connectivity index (χ0) is 8.10. The SMILES string of the molecule is CCON1CCCC(C=O)N1. The number of hydrazine groups is 1. The number of rotatable bonds is 3. The van der Waals surface area contributed by atoms with E-state index in [9.17, 15) is 4.79 Å². The van der Waals surface area contributed by atoms with Gasteiger partial charge in [0.1, 0.15) is 6.29 Å². The molecule has 4 heteroatoms. The number of nitrogens with one attached hydrogen (secondary N) is 1. The Morgan fingerprint density at radius 2 is 2.64 bits per heavy atom. The van der Waals surface area contributed by atoms with E-state index in [4.69, 9.17) is 4.84 Å². The summed E-state index contributed by atoms with van der Waals surface area (Å²) in [5.41, 5.74) is 2.95. The normalized spacial score (nSPS) is 26.8. The van der Waals surface area contributed by atoms with E-state index < -0.39 is 0 Å². The highest BCUT2D eigenvalue weighted by Gasteiger charge is 2.17. The summed E-state index contributed by atoms with van der Waals surface area (Å²) in [4.78, 5) is 15.5. The van der Waals surface area contributed by atoms with Crippen molar-refractivity contribution in [2.75, 3.05) is 13.2 Å². The molecule has 1 aliphatic heterocycles. The molecule has 1 fully saturated rings. The predicted octanol–water partition coefficient (Wildman–Crippen LogP) is 0.106. The molecule has 0 radical (unpaired) electrons. The highest BCUT2D eigenvalue weighted by atomic mass is 16.7. The molecule has 0 aromatic carbocycles. The third-order valence-electron chi connectivity index (χ3n) is 1.64. The van der Waals surface area contributed by atoms with Gasteiger partial charge in [0.25, 0.3) is 0 Å². The van der Waals surface area contributed by atoms with Crippen molar-refractivity contribution >= 4 is 6.29 Å². The molecule has 0 aliphatic carbocycles. The van der Waals surface area contributed by atoms with Crippen molar-refractivity contribution in [1.82, 2.24) is 10.6 Å². The molecular weight excluding hydrogens is 144 g/mol. The van der Waals surface area contributed by atoms with Crippen LogP contribution in [0.3, 0.4) is 0 Å². The van der Waals surface area contributed by atoms with Crippen LogP contribution in [-0.2, 0) is 9.63 Å². The van der Waals surface area contributed by atoms with E-state index in [0.29, 0.717) is 6.61 Å². The largest absolute Gasteiger partial charge is 0.302 e. The first-order valence-electron chi connectivity index (χ1n) is 3.98. The predicted molar refractivity (Wildman–Crippen MR) is 40.6 cm³/mol. The summed E-state index contributed by atoms with van der Waals surface area (Å²) in [6.07, 6.45) is 2.84. The highest BCUT2D eigenvalue weighted by molar-refractivity contribution is 5.57. The van der Waals surface area contributed by atoms with Gasteiger partial charge in [-0.3, -0.25) is 4.84 Å². The lowest BCUT2D eigenvalue weighted by molar-refractivity contribution is -0.209. The second-order valence-electron chi connectivity index (χ2n) is 2.53. The number of hydrogen-bond donors (Lipinski definition) is 1. The van der Waals surface area contributed by atoms with Crippen LogP contribution in [0.15, 0.2) is 0 Å². The van der Waals surface area contributed by atoms with Gasteiger partial charge in [-0.05, 0) is 19.8 Å². The van der Waals surface area contributed by atoms with Crippen LogP contribution in [0.2, 0.25) is 0 Å². The van der Waals surface area contributed by atoms with Gasteiger partial charge in [0.15, 0.2) is 0 Å². The number of nitrogens with zero attached hydrogens (tertiary/aromatic N) is 1. The molecular formula is C7H14N2O2. The van der Waals surface area contributed by atoms with Gasteiger partial charge >= 0.3 is 0 Å². The Morgan fingerprint density at radius 1 is 1.82 bits per heavy atom. The third-order valence-corrected chi connectivity index (χ3v) is 1.64. The monoisotopic (exact) mass is 158 g/mol. The lowest BCUT2D eigenvalue weighted by Gasteiger charge is -2.29. The van der Waals surface area contributed by atoms with E-state index in [1.165, 1.54) is 0 Å². The topological polar surface area (TPSA) is 41.6 Å². The summed E-state index contributed by atoms with van der Waals surface area (Å²) in [5.74, 6) is 0. The van der Waals surface area contributed by atoms with Crippen LogP contribution in [-0.4, -0.2) is 30.7 Å². The third kappa shape index (κ3) is 2.57. The van der Waals surface area contributed by atoms with Crippen molar-refractivity contribution < 1.29 is 9.63 Å². The van der Waals surface area contributed by atoms with Crippen molar-refractivity contribution in [2.45, 2.75) is 25.8 Å². The molecule has 1 heterocycles. The molecule has 1 N–H and O–H groups in total. The minimum absolute atomic E-state index is 0.0599. The van der Waals surface area contributed by atoms with E-state index in [-0.39, 0.29) is 6.04 Å². The standard InChI is InChI=1S/C7H14N2O2/c1-2-11-9-5-3-4-7(6-10)8-9/h6-8H,2-5H2,1H3. The summed E-state index contributed by atoms with van der Waals surface area (Å²) in [5, 5.41) is 1.64. The first kappa shape index (κ1) is 8.64. The number of hydrogen-bond acceptors (Lipinski definition) is 4. The van der Waals surface area contributed by atoms with Crippen LogP contribution in [0.25, 0.3) is 0 Å². The van der Waals surface area contributed by atoms with Crippen LogP contribution in [0, 0.1) is 0 Å². The van der Waals surface area contributed by atoms with Crippen LogP contribution < -0.4 is 5.43 Å². The number of hydroxylamine groups is 1. The minimum Gasteiger partial charge on any atom is -0.302 e. The molecule has 0 amide bonds. The van der Waals surface area contributed by atoms with Crippen molar-refractivity contribution in [3.63, 3.8) is 0 Å². The summed E-state index contributed by atoms with van der Waals surface area (Å²) in [6.45, 7) is 3.42. The van der Waals surface area contributed by atoms with E-state index >= 15 is 0 Å². The number of carbonyl (C=O) groups excluding carboxylic acids is 1.